The summed E-state index contributed by atoms with van der Waals surface area (Å²) in [5.74, 6) is 1.62. The van der Waals surface area contributed by atoms with Crippen LogP contribution in [0.15, 0.2) is 27.8 Å². The van der Waals surface area contributed by atoms with Crippen molar-refractivity contribution in [2.45, 2.75) is 19.8 Å². The van der Waals surface area contributed by atoms with Gasteiger partial charge in [0.1, 0.15) is 5.75 Å². The Morgan fingerprint density at radius 3 is 3.00 bits per heavy atom. The number of rotatable bonds is 5. The molecule has 0 atom stereocenters. The van der Waals surface area contributed by atoms with Crippen LogP contribution in [-0.2, 0) is 6.42 Å². The van der Waals surface area contributed by atoms with Crippen LogP contribution in [0.5, 0.6) is 5.75 Å². The smallest absolute Gasteiger partial charge is 0.216 e. The van der Waals surface area contributed by atoms with Crippen LogP contribution < -0.4 is 4.74 Å². The van der Waals surface area contributed by atoms with Gasteiger partial charge in [0, 0.05) is 6.42 Å². The summed E-state index contributed by atoms with van der Waals surface area (Å²) >= 11 is 8.62. The maximum Gasteiger partial charge on any atom is 0.216 e. The lowest BCUT2D eigenvalue weighted by Crippen LogP contribution is -1.98. The van der Waals surface area contributed by atoms with Crippen molar-refractivity contribution in [2.75, 3.05) is 7.11 Å². The van der Waals surface area contributed by atoms with Gasteiger partial charge in [0.05, 0.1) is 17.8 Å². The molecular formula is C13H15BrN4OS. The van der Waals surface area contributed by atoms with Gasteiger partial charge < -0.3 is 4.74 Å². The van der Waals surface area contributed by atoms with E-state index < -0.39 is 0 Å². The van der Waals surface area contributed by atoms with Gasteiger partial charge in [-0.2, -0.15) is 14.9 Å². The zero-order valence-corrected chi connectivity index (χ0v) is 13.7. The van der Waals surface area contributed by atoms with Crippen molar-refractivity contribution in [1.29, 1.82) is 0 Å². The molecule has 0 spiro atoms. The summed E-state index contributed by atoms with van der Waals surface area (Å²) < 4.78 is 8.22. The molecule has 1 aromatic carbocycles. The van der Waals surface area contributed by atoms with Gasteiger partial charge in [-0.1, -0.05) is 6.92 Å². The summed E-state index contributed by atoms with van der Waals surface area (Å²) in [6.45, 7) is 2.09. The van der Waals surface area contributed by atoms with Crippen LogP contribution in [0, 0.1) is 4.77 Å². The Morgan fingerprint density at radius 2 is 2.35 bits per heavy atom. The van der Waals surface area contributed by atoms with Crippen LogP contribution in [0.2, 0.25) is 0 Å². The van der Waals surface area contributed by atoms with Crippen LogP contribution in [0.1, 0.15) is 24.7 Å². The fourth-order valence-corrected chi connectivity index (χ4v) is 2.47. The minimum absolute atomic E-state index is 0.497. The molecule has 20 heavy (non-hydrogen) atoms. The first-order chi connectivity index (χ1) is 9.65. The quantitative estimate of drug-likeness (QED) is 0.659. The third-order valence-corrected chi connectivity index (χ3v) is 3.57. The number of hydrogen-bond acceptors (Lipinski definition) is 4. The van der Waals surface area contributed by atoms with Gasteiger partial charge in [-0.15, -0.1) is 0 Å². The Bertz CT molecular complexity index is 677. The minimum atomic E-state index is 0.497. The highest BCUT2D eigenvalue weighted by Gasteiger charge is 2.04. The van der Waals surface area contributed by atoms with E-state index in [2.05, 4.69) is 38.2 Å². The highest BCUT2D eigenvalue weighted by atomic mass is 79.9. The van der Waals surface area contributed by atoms with Crippen LogP contribution in [0.3, 0.4) is 0 Å². The molecule has 1 heterocycles. The number of ether oxygens (including phenoxy) is 1. The number of aromatic amines is 1. The molecule has 0 bridgehead atoms. The van der Waals surface area contributed by atoms with Crippen molar-refractivity contribution in [2.24, 2.45) is 5.10 Å². The summed E-state index contributed by atoms with van der Waals surface area (Å²) in [4.78, 5) is 0. The Labute approximate surface area is 130 Å². The molecular weight excluding hydrogens is 340 g/mol. The lowest BCUT2D eigenvalue weighted by atomic mass is 10.2. The summed E-state index contributed by atoms with van der Waals surface area (Å²) in [5.41, 5.74) is 0.947. The number of aryl methyl sites for hydroxylation is 1. The number of hydrogen-bond donors (Lipinski definition) is 1. The van der Waals surface area contributed by atoms with Gasteiger partial charge >= 0.3 is 0 Å². The zero-order valence-electron chi connectivity index (χ0n) is 11.3. The lowest BCUT2D eigenvalue weighted by Gasteiger charge is -2.03. The van der Waals surface area contributed by atoms with E-state index in [-0.39, 0.29) is 0 Å². The lowest BCUT2D eigenvalue weighted by molar-refractivity contribution is 0.412. The topological polar surface area (TPSA) is 55.2 Å². The second-order valence-electron chi connectivity index (χ2n) is 4.15. The molecule has 0 aliphatic carbocycles. The molecule has 0 saturated carbocycles. The molecule has 1 N–H and O–H groups in total. The molecule has 0 radical (unpaired) electrons. The van der Waals surface area contributed by atoms with E-state index in [0.717, 1.165) is 34.5 Å². The van der Waals surface area contributed by atoms with Crippen molar-refractivity contribution in [1.82, 2.24) is 14.9 Å². The molecule has 0 aliphatic heterocycles. The Morgan fingerprint density at radius 1 is 1.55 bits per heavy atom. The summed E-state index contributed by atoms with van der Waals surface area (Å²) in [6, 6.07) is 5.74. The molecule has 0 unspecified atom stereocenters. The molecule has 7 heteroatoms. The average Bonchev–Trinajstić information content (AvgIpc) is 2.78. The maximum atomic E-state index is 5.19. The fraction of sp³-hybridized carbons (Fsp3) is 0.308. The first-order valence-corrected chi connectivity index (χ1v) is 7.40. The van der Waals surface area contributed by atoms with Crippen LogP contribution >= 0.6 is 28.1 Å². The number of H-pyrrole nitrogens is 1. The van der Waals surface area contributed by atoms with Crippen molar-refractivity contribution >= 4 is 34.4 Å². The third-order valence-electron chi connectivity index (χ3n) is 2.69. The van der Waals surface area contributed by atoms with Gasteiger partial charge in [-0.3, -0.25) is 5.10 Å². The molecule has 5 nitrogen and oxygen atoms in total. The molecule has 0 saturated heterocycles. The van der Waals surface area contributed by atoms with Crippen molar-refractivity contribution in [3.63, 3.8) is 0 Å². The van der Waals surface area contributed by atoms with Gasteiger partial charge in [-0.25, -0.2) is 0 Å². The molecule has 2 rings (SSSR count). The highest BCUT2D eigenvalue weighted by Crippen LogP contribution is 2.24. The van der Waals surface area contributed by atoms with E-state index in [0.29, 0.717) is 4.77 Å². The van der Waals surface area contributed by atoms with Crippen LogP contribution in [-0.4, -0.2) is 28.2 Å². The molecule has 0 amide bonds. The summed E-state index contributed by atoms with van der Waals surface area (Å²) in [7, 11) is 1.63. The van der Waals surface area contributed by atoms with E-state index in [4.69, 9.17) is 17.0 Å². The molecule has 1 aromatic heterocycles. The Balaban J connectivity index is 2.27. The Hall–Kier alpha value is -1.47. The molecule has 0 aliphatic rings. The number of benzene rings is 1. The SMILES string of the molecule is CCCc1n[nH]c(=S)n1/N=C/c1ccc(OC)c(Br)c1. The maximum absolute atomic E-state index is 5.19. The summed E-state index contributed by atoms with van der Waals surface area (Å²) in [6.07, 6.45) is 3.56. The van der Waals surface area contributed by atoms with E-state index in [1.54, 1.807) is 18.0 Å². The van der Waals surface area contributed by atoms with E-state index in [9.17, 15) is 0 Å². The normalized spacial score (nSPS) is 11.2. The largest absolute Gasteiger partial charge is 0.496 e. The van der Waals surface area contributed by atoms with E-state index in [1.165, 1.54) is 0 Å². The van der Waals surface area contributed by atoms with Crippen LogP contribution in [0.4, 0.5) is 0 Å². The predicted octanol–water partition coefficient (Wildman–Crippen LogP) is 3.55. The first-order valence-electron chi connectivity index (χ1n) is 6.20. The standard InChI is InChI=1S/C13H15BrN4OS/c1-3-4-12-16-17-13(20)18(12)15-8-9-5-6-11(19-2)10(14)7-9/h5-8H,3-4H2,1-2H3,(H,17,20)/b15-8+. The average molecular weight is 355 g/mol. The number of halogens is 1. The zero-order chi connectivity index (χ0) is 14.5. The molecule has 0 fully saturated rings. The molecule has 2 aromatic rings. The monoisotopic (exact) mass is 354 g/mol. The minimum Gasteiger partial charge on any atom is -0.496 e. The van der Waals surface area contributed by atoms with Crippen molar-refractivity contribution < 1.29 is 4.74 Å². The van der Waals surface area contributed by atoms with Crippen molar-refractivity contribution in [3.05, 3.63) is 38.8 Å². The number of aromatic nitrogens is 3. The van der Waals surface area contributed by atoms with Crippen molar-refractivity contribution in [3.8, 4) is 5.75 Å². The number of nitrogens with zero attached hydrogens (tertiary/aromatic N) is 3. The second-order valence-corrected chi connectivity index (χ2v) is 5.39. The van der Waals surface area contributed by atoms with Gasteiger partial charge in [0.2, 0.25) is 4.77 Å². The second kappa shape index (κ2) is 6.81. The van der Waals surface area contributed by atoms with E-state index in [1.807, 2.05) is 18.2 Å². The number of methoxy groups -OCH3 is 1. The predicted molar refractivity (Wildman–Crippen MR) is 85.1 cm³/mol. The van der Waals surface area contributed by atoms with Gasteiger partial charge in [0.15, 0.2) is 5.82 Å². The first kappa shape index (κ1) is 14.9. The van der Waals surface area contributed by atoms with E-state index >= 15 is 0 Å². The van der Waals surface area contributed by atoms with Gasteiger partial charge in [0.25, 0.3) is 0 Å². The summed E-state index contributed by atoms with van der Waals surface area (Å²) in [5, 5.41) is 11.3. The number of nitrogens with one attached hydrogen (secondary N) is 1. The van der Waals surface area contributed by atoms with Gasteiger partial charge in [-0.05, 0) is 58.3 Å². The van der Waals surface area contributed by atoms with Crippen LogP contribution in [0.25, 0.3) is 0 Å². The third kappa shape index (κ3) is 3.34. The Kier molecular flexibility index (Phi) is 5.08. The fourth-order valence-electron chi connectivity index (χ4n) is 1.72. The molecule has 106 valence electrons. The highest BCUT2D eigenvalue weighted by molar-refractivity contribution is 9.10.